The van der Waals surface area contributed by atoms with Crippen LogP contribution in [0.25, 0.3) is 28.0 Å². The fraction of sp³-hybridized carbons (Fsp3) is 0.438. The molecule has 4 aromatic rings. The van der Waals surface area contributed by atoms with Crippen LogP contribution < -0.4 is 17.2 Å². The second-order valence-corrected chi connectivity index (χ2v) is 13.8. The summed E-state index contributed by atoms with van der Waals surface area (Å²) in [5.41, 5.74) is 14.1. The average Bonchev–Trinajstić information content (AvgIpc) is 3.19. The lowest BCUT2D eigenvalue weighted by atomic mass is 10.1. The van der Waals surface area contributed by atoms with Gasteiger partial charge in [0, 0.05) is 48.5 Å². The monoisotopic (exact) mass is 636 g/mol. The highest BCUT2D eigenvalue weighted by Crippen LogP contribution is 2.31. The van der Waals surface area contributed by atoms with Crippen molar-refractivity contribution in [3.63, 3.8) is 0 Å². The van der Waals surface area contributed by atoms with Crippen molar-refractivity contribution in [3.05, 3.63) is 76.6 Å². The third-order valence-corrected chi connectivity index (χ3v) is 10.9. The molecule has 0 atom stereocenters. The molecule has 11 nitrogen and oxygen atoms in total. The van der Waals surface area contributed by atoms with Crippen LogP contribution in [-0.4, -0.2) is 95.5 Å². The van der Waals surface area contributed by atoms with Crippen molar-refractivity contribution in [3.8, 4) is 16.9 Å². The van der Waals surface area contributed by atoms with Crippen LogP contribution in [-0.2, 0) is 16.6 Å². The minimum atomic E-state index is -3.98. The topological polar surface area (TPSA) is 147 Å². The number of piperidine rings is 1. The van der Waals surface area contributed by atoms with E-state index in [0.717, 1.165) is 64.0 Å². The molecule has 13 heteroatoms. The van der Waals surface area contributed by atoms with E-state index in [-0.39, 0.29) is 10.9 Å². The maximum absolute atomic E-state index is 15.5. The third kappa shape index (κ3) is 6.74. The van der Waals surface area contributed by atoms with E-state index < -0.39 is 21.5 Å². The summed E-state index contributed by atoms with van der Waals surface area (Å²) in [6.45, 7) is 6.59. The number of hydrogen-bond acceptors (Lipinski definition) is 8. The highest BCUT2D eigenvalue weighted by atomic mass is 32.2. The molecule has 2 aromatic carbocycles. The van der Waals surface area contributed by atoms with E-state index in [1.165, 1.54) is 21.0 Å². The number of halogens is 1. The van der Waals surface area contributed by atoms with Crippen LogP contribution in [0.4, 0.5) is 4.39 Å². The third-order valence-electron chi connectivity index (χ3n) is 8.92. The van der Waals surface area contributed by atoms with Crippen molar-refractivity contribution >= 4 is 21.1 Å². The zero-order chi connectivity index (χ0) is 31.6. The summed E-state index contributed by atoms with van der Waals surface area (Å²) in [5.74, 6) is -0.803. The first-order chi connectivity index (χ1) is 21.8. The molecule has 0 saturated carbocycles. The fourth-order valence-corrected chi connectivity index (χ4v) is 8.15. The minimum Gasteiger partial charge on any atom is -0.339 e. The lowest BCUT2D eigenvalue weighted by molar-refractivity contribution is 0.232. The Morgan fingerprint density at radius 2 is 1.67 bits per heavy atom. The lowest BCUT2D eigenvalue weighted by Gasteiger charge is -2.30. The number of H-pyrrole nitrogens is 1. The summed E-state index contributed by atoms with van der Waals surface area (Å²) >= 11 is 0. The van der Waals surface area contributed by atoms with Gasteiger partial charge in [0.25, 0.3) is 0 Å². The van der Waals surface area contributed by atoms with Crippen LogP contribution in [0.2, 0.25) is 0 Å². The number of aromatic nitrogens is 3. The normalized spacial score (nSPS) is 19.0. The van der Waals surface area contributed by atoms with Crippen LogP contribution >= 0.6 is 0 Å². The Balaban J connectivity index is 1.22. The molecule has 3 fully saturated rings. The number of benzene rings is 2. The number of fused-ring (bicyclic) bond motifs is 5. The van der Waals surface area contributed by atoms with E-state index in [9.17, 15) is 13.2 Å². The van der Waals surface area contributed by atoms with E-state index >= 15 is 4.39 Å². The number of rotatable bonds is 12. The predicted octanol–water partition coefficient (Wildman–Crippen LogP) is 2.49. The minimum absolute atomic E-state index is 0.103. The van der Waals surface area contributed by atoms with Gasteiger partial charge >= 0.3 is 5.69 Å². The van der Waals surface area contributed by atoms with Crippen LogP contribution in [0.15, 0.2) is 64.4 Å². The van der Waals surface area contributed by atoms with Gasteiger partial charge in [-0.1, -0.05) is 18.2 Å². The maximum Gasteiger partial charge on any atom is 0.354 e. The Labute approximate surface area is 262 Å². The zero-order valence-corrected chi connectivity index (χ0v) is 26.2. The van der Waals surface area contributed by atoms with Gasteiger partial charge in [0.05, 0.1) is 5.69 Å². The Hall–Kier alpha value is -3.46. The van der Waals surface area contributed by atoms with Crippen LogP contribution in [0.3, 0.4) is 0 Å². The van der Waals surface area contributed by atoms with Gasteiger partial charge in [-0.25, -0.2) is 17.6 Å². The molecule has 240 valence electrons. The first-order valence-corrected chi connectivity index (χ1v) is 17.1. The number of aromatic amines is 1. The van der Waals surface area contributed by atoms with Gasteiger partial charge in [0.15, 0.2) is 0 Å². The summed E-state index contributed by atoms with van der Waals surface area (Å²) in [6.07, 6.45) is 5.05. The highest BCUT2D eigenvalue weighted by Gasteiger charge is 2.38. The molecule has 3 aliphatic heterocycles. The largest absolute Gasteiger partial charge is 0.354 e. The van der Waals surface area contributed by atoms with Crippen LogP contribution in [0.5, 0.6) is 0 Å². The average molecular weight is 637 g/mol. The molecule has 0 amide bonds. The summed E-state index contributed by atoms with van der Waals surface area (Å²) in [7, 11) is -3.98. The van der Waals surface area contributed by atoms with Gasteiger partial charge < -0.3 is 21.4 Å². The molecule has 2 aromatic heterocycles. The highest BCUT2D eigenvalue weighted by molar-refractivity contribution is 7.89. The summed E-state index contributed by atoms with van der Waals surface area (Å²) in [4.78, 5) is 24.6. The Kier molecular flexibility index (Phi) is 9.45. The van der Waals surface area contributed by atoms with E-state index in [1.54, 1.807) is 18.3 Å². The first kappa shape index (κ1) is 31.5. The van der Waals surface area contributed by atoms with Crippen LogP contribution in [0.1, 0.15) is 31.2 Å². The predicted molar refractivity (Wildman–Crippen MR) is 173 cm³/mol. The molecule has 5 heterocycles. The number of nitrogens with zero attached hydrogens (tertiary/aromatic N) is 5. The van der Waals surface area contributed by atoms with E-state index in [0.29, 0.717) is 54.2 Å². The lowest BCUT2D eigenvalue weighted by Crippen LogP contribution is -2.41. The van der Waals surface area contributed by atoms with Gasteiger partial charge in [-0.05, 0) is 101 Å². The second-order valence-electron chi connectivity index (χ2n) is 11.9. The van der Waals surface area contributed by atoms with Gasteiger partial charge in [-0.2, -0.15) is 9.29 Å². The molecule has 7 rings (SSSR count). The van der Waals surface area contributed by atoms with Crippen molar-refractivity contribution in [1.29, 1.82) is 0 Å². The molecule has 0 unspecified atom stereocenters. The molecule has 5 N–H and O–H groups in total. The smallest absolute Gasteiger partial charge is 0.339 e. The summed E-state index contributed by atoms with van der Waals surface area (Å²) in [6, 6.07) is 13.6. The zero-order valence-electron chi connectivity index (χ0n) is 25.4. The maximum atomic E-state index is 15.5. The quantitative estimate of drug-likeness (QED) is 0.215. The molecule has 0 radical (unpaired) electrons. The van der Waals surface area contributed by atoms with Gasteiger partial charge in [-0.15, -0.1) is 0 Å². The Bertz CT molecular complexity index is 1790. The number of nitrogens with one attached hydrogen (secondary N) is 1. The molecule has 3 aliphatic rings. The SMILES string of the molecule is NCCCN(CCCN)Cc1ccc(-n2cc3cc(-c4ccc(S(=O)(=O)N5CCN6CCC5CC6)c(F)c4)[nH]c3nc2=O)cc1. The van der Waals surface area contributed by atoms with Gasteiger partial charge in [0.2, 0.25) is 10.0 Å². The molecule has 0 aliphatic carbocycles. The van der Waals surface area contributed by atoms with Gasteiger partial charge in [-0.3, -0.25) is 9.47 Å². The molecular formula is C32H41FN8O3S. The van der Waals surface area contributed by atoms with Crippen molar-refractivity contribution < 1.29 is 12.8 Å². The number of sulfonamides is 1. The second kappa shape index (κ2) is 13.5. The van der Waals surface area contributed by atoms with Crippen molar-refractivity contribution in [2.45, 2.75) is 43.2 Å². The van der Waals surface area contributed by atoms with Crippen molar-refractivity contribution in [1.82, 2.24) is 28.6 Å². The number of nitrogens with two attached hydrogens (primary N) is 2. The number of hydrogen-bond donors (Lipinski definition) is 3. The van der Waals surface area contributed by atoms with E-state index in [4.69, 9.17) is 11.5 Å². The Morgan fingerprint density at radius 1 is 0.956 bits per heavy atom. The van der Waals surface area contributed by atoms with Crippen molar-refractivity contribution in [2.75, 3.05) is 52.4 Å². The Morgan fingerprint density at radius 3 is 2.33 bits per heavy atom. The summed E-state index contributed by atoms with van der Waals surface area (Å²) < 4.78 is 45.4. The van der Waals surface area contributed by atoms with Crippen LogP contribution in [0, 0.1) is 5.82 Å². The first-order valence-electron chi connectivity index (χ1n) is 15.6. The standard InChI is InChI=1S/C32H41FN8O3S/c33-28-19-24(5-8-30(28)45(43,44)41-18-17-38-15-9-27(41)10-16-38)29-20-25-22-40(32(42)37-31(25)36-29)26-6-3-23(4-7-26)21-39(13-1-11-34)14-2-12-35/h3-8,19-20,22,27H,1-2,9-18,21,34-35H2,(H,36,37,42). The van der Waals surface area contributed by atoms with Crippen molar-refractivity contribution in [2.24, 2.45) is 11.5 Å². The van der Waals surface area contributed by atoms with E-state index in [2.05, 4.69) is 19.8 Å². The molecule has 3 saturated heterocycles. The molecule has 2 bridgehead atoms. The van der Waals surface area contributed by atoms with Gasteiger partial charge in [0.1, 0.15) is 16.4 Å². The van der Waals surface area contributed by atoms with E-state index in [1.807, 2.05) is 24.3 Å². The fourth-order valence-electron chi connectivity index (χ4n) is 6.43. The molecule has 45 heavy (non-hydrogen) atoms. The molecular weight excluding hydrogens is 595 g/mol. The summed E-state index contributed by atoms with van der Waals surface area (Å²) in [5, 5.41) is 0.663. The molecule has 0 spiro atoms.